The van der Waals surface area contributed by atoms with Crippen LogP contribution in [0.5, 0.6) is 0 Å². The fourth-order valence-corrected chi connectivity index (χ4v) is 4.50. The molecule has 3 aliphatic rings. The van der Waals surface area contributed by atoms with E-state index in [9.17, 15) is 9.59 Å². The number of nitrogens with two attached hydrogens (primary N) is 2. The summed E-state index contributed by atoms with van der Waals surface area (Å²) in [6.45, 7) is 1.50. The van der Waals surface area contributed by atoms with Crippen molar-refractivity contribution in [3.8, 4) is 0 Å². The molecule has 4 rings (SSSR count). The molecule has 1 saturated carbocycles. The Kier molecular flexibility index (Phi) is 3.62. The second-order valence-electron chi connectivity index (χ2n) is 7.44. The predicted octanol–water partition coefficient (Wildman–Crippen LogP) is 0.689. The molecule has 2 saturated heterocycles. The van der Waals surface area contributed by atoms with Crippen molar-refractivity contribution in [2.45, 2.75) is 49.6 Å². The van der Waals surface area contributed by atoms with Crippen LogP contribution >= 0.6 is 0 Å². The van der Waals surface area contributed by atoms with Gasteiger partial charge in [0.25, 0.3) is 0 Å². The Hall–Kier alpha value is -1.92. The van der Waals surface area contributed by atoms with Crippen LogP contribution in [0.25, 0.3) is 0 Å². The van der Waals surface area contributed by atoms with E-state index in [-0.39, 0.29) is 29.3 Å². The standard InChI is InChI=1S/C18H24N4O2/c19-14-6-9-21-11-22(17(24)16(14)21)13-4-2-12(3-5-13)18(7-1-8-18)10-15(20)23/h2-5,14,16H,1,6-11,19H2,(H2,20,23)/t14-,16+/m1/s1. The molecule has 2 aliphatic heterocycles. The topological polar surface area (TPSA) is 92.7 Å². The zero-order valence-electron chi connectivity index (χ0n) is 13.8. The third-order valence-corrected chi connectivity index (χ3v) is 6.01. The predicted molar refractivity (Wildman–Crippen MR) is 91.2 cm³/mol. The molecule has 1 aromatic carbocycles. The summed E-state index contributed by atoms with van der Waals surface area (Å²) in [7, 11) is 0. The third-order valence-electron chi connectivity index (χ3n) is 6.01. The molecule has 1 aliphatic carbocycles. The van der Waals surface area contributed by atoms with Gasteiger partial charge in [0.2, 0.25) is 11.8 Å². The molecule has 0 aromatic heterocycles. The number of amides is 2. The van der Waals surface area contributed by atoms with Crippen molar-refractivity contribution in [2.24, 2.45) is 11.5 Å². The summed E-state index contributed by atoms with van der Waals surface area (Å²) in [5.41, 5.74) is 13.5. The van der Waals surface area contributed by atoms with Gasteiger partial charge in [-0.3, -0.25) is 19.4 Å². The maximum Gasteiger partial charge on any atom is 0.247 e. The highest BCUT2D eigenvalue weighted by atomic mass is 16.2. The minimum atomic E-state index is -0.247. The molecule has 24 heavy (non-hydrogen) atoms. The van der Waals surface area contributed by atoms with Gasteiger partial charge >= 0.3 is 0 Å². The van der Waals surface area contributed by atoms with Crippen molar-refractivity contribution in [3.05, 3.63) is 29.8 Å². The summed E-state index contributed by atoms with van der Waals surface area (Å²) in [5.74, 6) is -0.147. The first-order valence-electron chi connectivity index (χ1n) is 8.70. The number of primary amides is 1. The maximum absolute atomic E-state index is 12.6. The molecule has 1 aromatic rings. The lowest BCUT2D eigenvalue weighted by atomic mass is 9.62. The number of hydrogen-bond donors (Lipinski definition) is 2. The molecule has 2 heterocycles. The van der Waals surface area contributed by atoms with E-state index >= 15 is 0 Å². The minimum absolute atomic E-state index is 0.0596. The normalized spacial score (nSPS) is 28.7. The van der Waals surface area contributed by atoms with Gasteiger partial charge in [-0.1, -0.05) is 18.6 Å². The molecule has 4 N–H and O–H groups in total. The molecular weight excluding hydrogens is 304 g/mol. The third kappa shape index (κ3) is 2.32. The number of carbonyl (C=O) groups is 2. The van der Waals surface area contributed by atoms with E-state index in [1.54, 1.807) is 0 Å². The number of nitrogens with zero attached hydrogens (tertiary/aromatic N) is 2. The molecule has 6 heteroatoms. The fraction of sp³-hybridized carbons (Fsp3) is 0.556. The Balaban J connectivity index is 1.54. The van der Waals surface area contributed by atoms with Gasteiger partial charge < -0.3 is 11.5 Å². The number of hydrogen-bond acceptors (Lipinski definition) is 4. The summed E-state index contributed by atoms with van der Waals surface area (Å²) >= 11 is 0. The number of anilines is 1. The molecule has 3 fully saturated rings. The van der Waals surface area contributed by atoms with Crippen LogP contribution in [0, 0.1) is 0 Å². The molecule has 128 valence electrons. The van der Waals surface area contributed by atoms with Gasteiger partial charge in [0.05, 0.1) is 6.67 Å². The first-order chi connectivity index (χ1) is 11.5. The van der Waals surface area contributed by atoms with Crippen LogP contribution in [-0.2, 0) is 15.0 Å². The van der Waals surface area contributed by atoms with E-state index in [2.05, 4.69) is 4.90 Å². The lowest BCUT2D eigenvalue weighted by Crippen LogP contribution is -2.41. The Morgan fingerprint density at radius 3 is 2.50 bits per heavy atom. The monoisotopic (exact) mass is 328 g/mol. The van der Waals surface area contributed by atoms with Crippen molar-refractivity contribution >= 4 is 17.5 Å². The highest BCUT2D eigenvalue weighted by Crippen LogP contribution is 2.46. The summed E-state index contributed by atoms with van der Waals surface area (Å²) in [6.07, 6.45) is 4.43. The van der Waals surface area contributed by atoms with Gasteiger partial charge in [-0.2, -0.15) is 0 Å². The summed E-state index contributed by atoms with van der Waals surface area (Å²) in [6, 6.07) is 7.85. The van der Waals surface area contributed by atoms with E-state index in [1.807, 2.05) is 29.2 Å². The largest absolute Gasteiger partial charge is 0.370 e. The van der Waals surface area contributed by atoms with Crippen LogP contribution in [0.1, 0.15) is 37.7 Å². The van der Waals surface area contributed by atoms with E-state index < -0.39 is 0 Å². The zero-order chi connectivity index (χ0) is 16.9. The molecule has 0 bridgehead atoms. The second-order valence-corrected chi connectivity index (χ2v) is 7.44. The average Bonchev–Trinajstić information content (AvgIpc) is 3.04. The number of benzene rings is 1. The van der Waals surface area contributed by atoms with Gasteiger partial charge in [0.15, 0.2) is 0 Å². The molecule has 6 nitrogen and oxygen atoms in total. The molecule has 2 amide bonds. The van der Waals surface area contributed by atoms with Crippen LogP contribution in [0.3, 0.4) is 0 Å². The molecular formula is C18H24N4O2. The summed E-state index contributed by atoms with van der Waals surface area (Å²) in [5, 5.41) is 0. The van der Waals surface area contributed by atoms with Gasteiger partial charge in [-0.15, -0.1) is 0 Å². The van der Waals surface area contributed by atoms with E-state index in [0.717, 1.165) is 43.5 Å². The van der Waals surface area contributed by atoms with Crippen LogP contribution in [-0.4, -0.2) is 42.0 Å². The Bertz CT molecular complexity index is 668. The van der Waals surface area contributed by atoms with Gasteiger partial charge in [0, 0.05) is 30.1 Å². The summed E-state index contributed by atoms with van der Waals surface area (Å²) < 4.78 is 0. The van der Waals surface area contributed by atoms with E-state index in [1.165, 1.54) is 0 Å². The Morgan fingerprint density at radius 2 is 1.96 bits per heavy atom. The smallest absolute Gasteiger partial charge is 0.247 e. The van der Waals surface area contributed by atoms with Gasteiger partial charge in [0.1, 0.15) is 6.04 Å². The van der Waals surface area contributed by atoms with E-state index in [4.69, 9.17) is 11.5 Å². The van der Waals surface area contributed by atoms with Crippen LogP contribution in [0.4, 0.5) is 5.69 Å². The Labute approximate surface area is 141 Å². The average molecular weight is 328 g/mol. The SMILES string of the molecule is NC(=O)CC1(c2ccc(N3CN4CC[C@@H](N)[C@H]4C3=O)cc2)CCC1. The lowest BCUT2D eigenvalue weighted by molar-refractivity contribution is -0.120. The number of carbonyl (C=O) groups excluding carboxylic acids is 2. The van der Waals surface area contributed by atoms with E-state index in [0.29, 0.717) is 13.1 Å². The van der Waals surface area contributed by atoms with Crippen molar-refractivity contribution in [1.29, 1.82) is 0 Å². The lowest BCUT2D eigenvalue weighted by Gasteiger charge is -2.42. The first kappa shape index (κ1) is 15.6. The van der Waals surface area contributed by atoms with Crippen molar-refractivity contribution in [3.63, 3.8) is 0 Å². The maximum atomic E-state index is 12.6. The first-order valence-corrected chi connectivity index (χ1v) is 8.70. The number of fused-ring (bicyclic) bond motifs is 1. The molecule has 0 unspecified atom stereocenters. The van der Waals surface area contributed by atoms with Crippen LogP contribution in [0.15, 0.2) is 24.3 Å². The van der Waals surface area contributed by atoms with Crippen LogP contribution < -0.4 is 16.4 Å². The van der Waals surface area contributed by atoms with Gasteiger partial charge in [-0.05, 0) is 37.0 Å². The highest BCUT2D eigenvalue weighted by Gasteiger charge is 2.46. The Morgan fingerprint density at radius 1 is 1.25 bits per heavy atom. The molecule has 2 atom stereocenters. The quantitative estimate of drug-likeness (QED) is 0.850. The summed E-state index contributed by atoms with van der Waals surface area (Å²) in [4.78, 5) is 28.0. The second kappa shape index (κ2) is 5.57. The van der Waals surface area contributed by atoms with Gasteiger partial charge in [-0.25, -0.2) is 0 Å². The zero-order valence-corrected chi connectivity index (χ0v) is 13.8. The van der Waals surface area contributed by atoms with Crippen molar-refractivity contribution in [1.82, 2.24) is 4.90 Å². The minimum Gasteiger partial charge on any atom is -0.370 e. The molecule has 0 radical (unpaired) electrons. The molecule has 0 spiro atoms. The highest BCUT2D eigenvalue weighted by molar-refractivity contribution is 6.00. The van der Waals surface area contributed by atoms with Crippen LogP contribution in [0.2, 0.25) is 0 Å². The van der Waals surface area contributed by atoms with Crippen molar-refractivity contribution in [2.75, 3.05) is 18.1 Å². The number of rotatable bonds is 4. The fourth-order valence-electron chi connectivity index (χ4n) is 4.50. The van der Waals surface area contributed by atoms with Crippen molar-refractivity contribution < 1.29 is 9.59 Å².